The number of amides is 1. The molecule has 0 bridgehead atoms. The van der Waals surface area contributed by atoms with Crippen molar-refractivity contribution in [2.45, 2.75) is 68.2 Å². The monoisotopic (exact) mass is 492 g/mol. The van der Waals surface area contributed by atoms with E-state index in [2.05, 4.69) is 19.4 Å². The predicted molar refractivity (Wildman–Crippen MR) is 110 cm³/mol. The maximum absolute atomic E-state index is 13.6. The fourth-order valence-corrected chi connectivity index (χ4v) is 6.16. The van der Waals surface area contributed by atoms with E-state index < -0.39 is 46.5 Å². The molecule has 1 aromatic heterocycles. The summed E-state index contributed by atoms with van der Waals surface area (Å²) in [6, 6.07) is -3.34. The number of alkyl halides is 2. The van der Waals surface area contributed by atoms with Crippen molar-refractivity contribution in [1.82, 2.24) is 19.6 Å². The molecule has 184 valence electrons. The van der Waals surface area contributed by atoms with Crippen molar-refractivity contribution in [3.63, 3.8) is 0 Å². The zero-order valence-corrected chi connectivity index (χ0v) is 19.1. The molecule has 2 saturated carbocycles. The second-order valence-corrected chi connectivity index (χ2v) is 10.9. The van der Waals surface area contributed by atoms with Crippen LogP contribution in [0.5, 0.6) is 0 Å². The van der Waals surface area contributed by atoms with Gasteiger partial charge in [0.2, 0.25) is 10.0 Å². The van der Waals surface area contributed by atoms with Crippen molar-refractivity contribution in [1.29, 1.82) is 0 Å². The van der Waals surface area contributed by atoms with Crippen molar-refractivity contribution in [2.24, 2.45) is 5.92 Å². The van der Waals surface area contributed by atoms with E-state index in [9.17, 15) is 26.4 Å². The van der Waals surface area contributed by atoms with Crippen molar-refractivity contribution in [2.75, 3.05) is 20.0 Å². The topological polar surface area (TPSA) is 111 Å². The van der Waals surface area contributed by atoms with Gasteiger partial charge in [0.1, 0.15) is 5.82 Å². The van der Waals surface area contributed by atoms with Crippen LogP contribution >= 0.6 is 0 Å². The third-order valence-electron chi connectivity index (χ3n) is 6.98. The first-order valence-electron chi connectivity index (χ1n) is 10.8. The minimum absolute atomic E-state index is 0.108. The molecular weight excluding hydrogens is 465 g/mol. The Morgan fingerprint density at radius 2 is 2.03 bits per heavy atom. The van der Waals surface area contributed by atoms with Crippen LogP contribution in [0, 0.1) is 11.7 Å². The predicted octanol–water partition coefficient (Wildman–Crippen LogP) is 1.83. The van der Waals surface area contributed by atoms with Crippen molar-refractivity contribution >= 4 is 16.1 Å². The van der Waals surface area contributed by atoms with Crippen LogP contribution in [0.3, 0.4) is 0 Å². The molecule has 0 radical (unpaired) electrons. The first-order valence-corrected chi connectivity index (χ1v) is 12.6. The average molecular weight is 493 g/mol. The fourth-order valence-electron chi connectivity index (χ4n) is 5.36. The second kappa shape index (κ2) is 8.99. The summed E-state index contributed by atoms with van der Waals surface area (Å²) >= 11 is 0. The number of nitrogens with zero attached hydrogens (tertiary/aromatic N) is 3. The van der Waals surface area contributed by atoms with E-state index >= 15 is 0 Å². The summed E-state index contributed by atoms with van der Waals surface area (Å²) in [5.74, 6) is 0.397. The highest BCUT2D eigenvalue weighted by Gasteiger charge is 2.60. The lowest BCUT2D eigenvalue weighted by Crippen LogP contribution is -2.51. The number of nitrogens with one attached hydrogen (secondary N) is 1. The number of rotatable bonds is 7. The smallest absolute Gasteiger partial charge is 0.410 e. The summed E-state index contributed by atoms with van der Waals surface area (Å²) in [7, 11) is -2.61. The number of hydrogen-bond donors (Lipinski definition) is 1. The van der Waals surface area contributed by atoms with Crippen molar-refractivity contribution < 1.29 is 35.9 Å². The number of sulfonamides is 1. The lowest BCUT2D eigenvalue weighted by molar-refractivity contribution is -0.0239. The minimum Gasteiger partial charge on any atom is -0.453 e. The normalized spacial score (nSPS) is 33.8. The molecular formula is C20H27F3N4O5S. The minimum atomic E-state index is -3.70. The Morgan fingerprint density at radius 1 is 1.33 bits per heavy atom. The Kier molecular flexibility index (Phi) is 6.58. The number of halogens is 3. The van der Waals surface area contributed by atoms with Gasteiger partial charge in [0, 0.05) is 11.5 Å². The zero-order valence-electron chi connectivity index (χ0n) is 18.3. The SMILES string of the molecule is COC(=O)N1C(C(F)F)C[C@H](NS(C)(=O)=O)[C@@H]1CO[C@H]1CC[C@@]2(c3ncc(F)cn3)C[C@H]2C1. The molecule has 4 rings (SSSR count). The van der Waals surface area contributed by atoms with Gasteiger partial charge in [-0.05, 0) is 38.0 Å². The molecule has 3 aliphatic rings. The Bertz CT molecular complexity index is 982. The van der Waals surface area contributed by atoms with Gasteiger partial charge in [-0.3, -0.25) is 4.90 Å². The Balaban J connectivity index is 1.43. The number of carbonyl (C=O) groups excluding carboxylic acids is 1. The lowest BCUT2D eigenvalue weighted by Gasteiger charge is -2.33. The van der Waals surface area contributed by atoms with Crippen LogP contribution in [0.1, 0.15) is 37.9 Å². The maximum atomic E-state index is 13.6. The van der Waals surface area contributed by atoms with Crippen LogP contribution in [0.25, 0.3) is 0 Å². The van der Waals surface area contributed by atoms with Gasteiger partial charge in [-0.25, -0.2) is 41.1 Å². The third kappa shape index (κ3) is 4.94. The summed E-state index contributed by atoms with van der Waals surface area (Å²) in [6.07, 6.45) is 1.96. The molecule has 0 spiro atoms. The zero-order chi connectivity index (χ0) is 24.0. The average Bonchev–Trinajstić information content (AvgIpc) is 3.38. The van der Waals surface area contributed by atoms with Gasteiger partial charge < -0.3 is 9.47 Å². The summed E-state index contributed by atoms with van der Waals surface area (Å²) in [5, 5.41) is 0. The summed E-state index contributed by atoms with van der Waals surface area (Å²) < 4.78 is 77.1. The molecule has 1 aliphatic heterocycles. The number of ether oxygens (including phenoxy) is 2. The highest BCUT2D eigenvalue weighted by molar-refractivity contribution is 7.88. The van der Waals surface area contributed by atoms with Crippen molar-refractivity contribution in [3.05, 3.63) is 24.0 Å². The third-order valence-corrected chi connectivity index (χ3v) is 7.71. The number of hydrogen-bond acceptors (Lipinski definition) is 7. The van der Waals surface area contributed by atoms with Gasteiger partial charge in [0.25, 0.3) is 6.43 Å². The van der Waals surface area contributed by atoms with Gasteiger partial charge in [0.15, 0.2) is 5.82 Å². The summed E-state index contributed by atoms with van der Waals surface area (Å²) in [4.78, 5) is 21.4. The molecule has 9 nitrogen and oxygen atoms in total. The van der Waals surface area contributed by atoms with Gasteiger partial charge in [-0.15, -0.1) is 0 Å². The molecule has 2 heterocycles. The first-order chi connectivity index (χ1) is 15.5. The molecule has 1 aromatic rings. The highest BCUT2D eigenvalue weighted by atomic mass is 32.2. The van der Waals surface area contributed by atoms with Crippen LogP contribution in [0.15, 0.2) is 12.4 Å². The number of methoxy groups -OCH3 is 1. The van der Waals surface area contributed by atoms with E-state index in [0.717, 1.165) is 43.5 Å². The van der Waals surface area contributed by atoms with Gasteiger partial charge in [-0.2, -0.15) is 0 Å². The summed E-state index contributed by atoms with van der Waals surface area (Å²) in [6.45, 7) is -0.108. The van der Waals surface area contributed by atoms with Gasteiger partial charge in [-0.1, -0.05) is 0 Å². The molecule has 6 atom stereocenters. The molecule has 1 unspecified atom stereocenters. The van der Waals surface area contributed by atoms with Gasteiger partial charge >= 0.3 is 6.09 Å². The fraction of sp³-hybridized carbons (Fsp3) is 0.750. The van der Waals surface area contributed by atoms with E-state index in [-0.39, 0.29) is 30.5 Å². The Hall–Kier alpha value is -1.99. The molecule has 1 amide bonds. The molecule has 33 heavy (non-hydrogen) atoms. The van der Waals surface area contributed by atoms with Gasteiger partial charge in [0.05, 0.1) is 50.6 Å². The van der Waals surface area contributed by atoms with E-state index in [1.807, 2.05) is 0 Å². The quantitative estimate of drug-likeness (QED) is 0.618. The molecule has 1 N–H and O–H groups in total. The van der Waals surface area contributed by atoms with Crippen molar-refractivity contribution in [3.8, 4) is 0 Å². The van der Waals surface area contributed by atoms with E-state index in [0.29, 0.717) is 18.7 Å². The van der Waals surface area contributed by atoms with Crippen LogP contribution in [0.4, 0.5) is 18.0 Å². The molecule has 0 aromatic carbocycles. The first kappa shape index (κ1) is 24.1. The Labute approximate surface area is 190 Å². The van der Waals surface area contributed by atoms with E-state index in [1.165, 1.54) is 0 Å². The number of aromatic nitrogens is 2. The summed E-state index contributed by atoms with van der Waals surface area (Å²) in [5.41, 5.74) is -0.180. The second-order valence-electron chi connectivity index (χ2n) is 9.09. The number of carbonyl (C=O) groups is 1. The number of fused-ring (bicyclic) bond motifs is 1. The lowest BCUT2D eigenvalue weighted by atomic mass is 9.86. The maximum Gasteiger partial charge on any atom is 0.410 e. The van der Waals surface area contributed by atoms with Crippen LogP contribution in [-0.4, -0.2) is 80.0 Å². The molecule has 13 heteroatoms. The molecule has 2 aliphatic carbocycles. The van der Waals surface area contributed by atoms with E-state index in [1.54, 1.807) is 0 Å². The highest BCUT2D eigenvalue weighted by Crippen LogP contribution is 2.61. The Morgan fingerprint density at radius 3 is 2.61 bits per heavy atom. The molecule has 3 fully saturated rings. The van der Waals surface area contributed by atoms with Crippen LogP contribution in [0.2, 0.25) is 0 Å². The van der Waals surface area contributed by atoms with Crippen LogP contribution in [-0.2, 0) is 24.9 Å². The number of likely N-dealkylation sites (tertiary alicyclic amines) is 1. The van der Waals surface area contributed by atoms with E-state index in [4.69, 9.17) is 4.74 Å². The molecule has 1 saturated heterocycles. The van der Waals surface area contributed by atoms with Crippen LogP contribution < -0.4 is 4.72 Å². The standard InChI is InChI=1S/C20H27F3N4O5S/c1-31-19(28)27-15(17(22)23)6-14(26-33(2,29)30)16(27)10-32-13-3-4-20(7-11(20)5-13)18-24-8-12(21)9-25-18/h8-9,11,13-17,26H,3-7,10H2,1-2H3/t11-,13+,14+,15?,16+,20-/m1/s1. The largest absolute Gasteiger partial charge is 0.453 e.